The number of hydrogen-bond donors (Lipinski definition) is 1. The van der Waals surface area contributed by atoms with Gasteiger partial charge in [-0.3, -0.25) is 0 Å². The number of alkyl halides is 5. The highest BCUT2D eigenvalue weighted by Crippen LogP contribution is 2.40. The average Bonchev–Trinajstić information content (AvgIpc) is 2.90. The minimum atomic E-state index is -5.15. The monoisotopic (exact) mass is 389 g/mol. The van der Waals surface area contributed by atoms with Crippen LogP contribution in [0.2, 0.25) is 0 Å². The molecule has 2 rings (SSSR count). The number of nitrogens with one attached hydrogen (secondary N) is 1. The zero-order chi connectivity index (χ0) is 18.1. The van der Waals surface area contributed by atoms with Gasteiger partial charge in [-0.25, -0.2) is 18.1 Å². The first-order valence-corrected chi connectivity index (χ1v) is 7.82. The summed E-state index contributed by atoms with van der Waals surface area (Å²) in [7, 11) is -3.70. The summed E-state index contributed by atoms with van der Waals surface area (Å²) in [6, 6.07) is 3.15. The van der Waals surface area contributed by atoms with Gasteiger partial charge < -0.3 is 4.74 Å². The van der Waals surface area contributed by atoms with Crippen LogP contribution in [-0.2, 0) is 20.5 Å². The van der Waals surface area contributed by atoms with Gasteiger partial charge in [0.25, 0.3) is 0 Å². The van der Waals surface area contributed by atoms with E-state index in [1.807, 2.05) is 0 Å². The number of carbonyl (C=O) groups is 1. The molecule has 0 radical (unpaired) electrons. The van der Waals surface area contributed by atoms with E-state index in [1.165, 1.54) is 12.1 Å². The maximum Gasteiger partial charge on any atom is 0.410 e. The van der Waals surface area contributed by atoms with Crippen LogP contribution in [0, 0.1) is 5.82 Å². The van der Waals surface area contributed by atoms with Crippen molar-refractivity contribution in [1.82, 2.24) is 4.72 Å². The van der Waals surface area contributed by atoms with E-state index >= 15 is 0 Å². The van der Waals surface area contributed by atoms with Crippen molar-refractivity contribution in [3.05, 3.63) is 47.8 Å². The van der Waals surface area contributed by atoms with Gasteiger partial charge in [-0.2, -0.15) is 17.6 Å². The van der Waals surface area contributed by atoms with Gasteiger partial charge in [0.2, 0.25) is 0 Å². The summed E-state index contributed by atoms with van der Waals surface area (Å²) in [5, 5.41) is -10.3. The van der Waals surface area contributed by atoms with E-state index in [4.69, 9.17) is 4.74 Å². The van der Waals surface area contributed by atoms with E-state index in [0.29, 0.717) is 0 Å². The fraction of sp³-hybridized carbons (Fsp3) is 0.308. The summed E-state index contributed by atoms with van der Waals surface area (Å²) in [6.07, 6.45) is 0.719. The normalized spacial score (nSPS) is 20.8. The number of hydrogen-bond acceptors (Lipinski definition) is 3. The van der Waals surface area contributed by atoms with Gasteiger partial charge in [-0.1, -0.05) is 18.2 Å². The van der Waals surface area contributed by atoms with Gasteiger partial charge >= 0.3 is 16.6 Å². The van der Waals surface area contributed by atoms with Crippen LogP contribution in [0.4, 0.5) is 22.0 Å². The fourth-order valence-corrected chi connectivity index (χ4v) is 2.95. The molecule has 0 spiro atoms. The fourth-order valence-electron chi connectivity index (χ4n) is 1.89. The van der Waals surface area contributed by atoms with Crippen LogP contribution in [0.25, 0.3) is 0 Å². The number of ether oxygens (including phenoxy) is 1. The Morgan fingerprint density at radius 3 is 2.38 bits per heavy atom. The molecule has 24 heavy (non-hydrogen) atoms. The SMILES string of the molecule is O=C1C=C[C@H]([C@H](NS(=O)C(F)(F)C(F)(F)Cl)c2ccccc2F)O1. The summed E-state index contributed by atoms with van der Waals surface area (Å²) < 4.78 is 84.2. The van der Waals surface area contributed by atoms with Crippen LogP contribution < -0.4 is 4.72 Å². The highest BCUT2D eigenvalue weighted by Gasteiger charge is 2.61. The van der Waals surface area contributed by atoms with Gasteiger partial charge in [0.05, 0.1) is 6.04 Å². The second-order valence-corrected chi connectivity index (χ2v) is 6.42. The van der Waals surface area contributed by atoms with Crippen LogP contribution in [0.5, 0.6) is 0 Å². The molecule has 11 heteroatoms. The quantitative estimate of drug-likeness (QED) is 0.462. The third-order valence-corrected chi connectivity index (χ3v) is 4.58. The van der Waals surface area contributed by atoms with Gasteiger partial charge in [0.15, 0.2) is 11.0 Å². The van der Waals surface area contributed by atoms with Gasteiger partial charge in [0.1, 0.15) is 11.9 Å². The Bertz CT molecular complexity index is 694. The predicted octanol–water partition coefficient (Wildman–Crippen LogP) is 3.03. The summed E-state index contributed by atoms with van der Waals surface area (Å²) >= 11 is 4.27. The summed E-state index contributed by atoms with van der Waals surface area (Å²) in [5.41, 5.74) is -0.302. The Morgan fingerprint density at radius 1 is 1.25 bits per heavy atom. The van der Waals surface area contributed by atoms with Crippen molar-refractivity contribution in [1.29, 1.82) is 0 Å². The van der Waals surface area contributed by atoms with Gasteiger partial charge in [0, 0.05) is 11.6 Å². The Labute approximate surface area is 140 Å². The molecule has 0 aromatic heterocycles. The van der Waals surface area contributed by atoms with Crippen LogP contribution in [-0.4, -0.2) is 26.9 Å². The van der Waals surface area contributed by atoms with E-state index in [-0.39, 0.29) is 5.56 Å². The molecule has 1 heterocycles. The molecule has 0 saturated carbocycles. The highest BCUT2D eigenvalue weighted by atomic mass is 35.5. The number of rotatable bonds is 6. The topological polar surface area (TPSA) is 55.4 Å². The van der Waals surface area contributed by atoms with E-state index in [9.17, 15) is 31.0 Å². The van der Waals surface area contributed by atoms with E-state index in [0.717, 1.165) is 24.3 Å². The lowest BCUT2D eigenvalue weighted by Gasteiger charge is -2.27. The first kappa shape index (κ1) is 18.8. The zero-order valence-electron chi connectivity index (χ0n) is 11.5. The largest absolute Gasteiger partial charge is 0.453 e. The summed E-state index contributed by atoms with van der Waals surface area (Å²) in [6.45, 7) is 0. The molecule has 4 nitrogen and oxygen atoms in total. The number of cyclic esters (lactones) is 1. The van der Waals surface area contributed by atoms with Crippen molar-refractivity contribution < 1.29 is 35.7 Å². The summed E-state index contributed by atoms with van der Waals surface area (Å²) in [4.78, 5) is 11.1. The zero-order valence-corrected chi connectivity index (χ0v) is 13.1. The number of esters is 1. The molecule has 1 N–H and O–H groups in total. The summed E-state index contributed by atoms with van der Waals surface area (Å²) in [5.74, 6) is -1.74. The number of carbonyl (C=O) groups excluding carboxylic acids is 1. The second kappa shape index (κ2) is 6.77. The Morgan fingerprint density at radius 2 is 1.88 bits per heavy atom. The van der Waals surface area contributed by atoms with Crippen LogP contribution in [0.1, 0.15) is 11.6 Å². The third kappa shape index (κ3) is 3.76. The van der Waals surface area contributed by atoms with Crippen molar-refractivity contribution >= 4 is 28.6 Å². The lowest BCUT2D eigenvalue weighted by molar-refractivity contribution is -0.139. The molecule has 132 valence electrons. The standard InChI is InChI=1S/C13H9ClF5NO3S/c14-12(16,17)13(18,19)24(22)20-11(9-5-6-10(21)23-9)7-3-1-2-4-8(7)15/h1-6,9,11,20H/t9-,11-,24?/m1/s1. The molecule has 0 amide bonds. The van der Waals surface area contributed by atoms with E-state index < -0.39 is 45.6 Å². The van der Waals surface area contributed by atoms with Gasteiger partial charge in [-0.05, 0) is 23.7 Å². The maximum absolute atomic E-state index is 13.9. The first-order valence-electron chi connectivity index (χ1n) is 6.30. The Balaban J connectivity index is 2.34. The van der Waals surface area contributed by atoms with Crippen molar-refractivity contribution in [3.8, 4) is 0 Å². The van der Waals surface area contributed by atoms with Crippen LogP contribution in [0.3, 0.4) is 0 Å². The number of benzene rings is 1. The Kier molecular flexibility index (Phi) is 5.31. The molecular formula is C13H9ClF5NO3S. The molecule has 0 saturated heterocycles. The predicted molar refractivity (Wildman–Crippen MR) is 75.2 cm³/mol. The molecule has 0 fully saturated rings. The minimum absolute atomic E-state index is 0.302. The lowest BCUT2D eigenvalue weighted by atomic mass is 10.0. The van der Waals surface area contributed by atoms with E-state index in [1.54, 1.807) is 4.72 Å². The minimum Gasteiger partial charge on any atom is -0.453 e. The maximum atomic E-state index is 13.9. The lowest BCUT2D eigenvalue weighted by Crippen LogP contribution is -2.47. The molecule has 3 atom stereocenters. The molecule has 1 unspecified atom stereocenters. The molecule has 0 bridgehead atoms. The smallest absolute Gasteiger partial charge is 0.410 e. The molecule has 0 aliphatic carbocycles. The molecular weight excluding hydrogens is 381 g/mol. The van der Waals surface area contributed by atoms with Crippen molar-refractivity contribution in [2.45, 2.75) is 22.8 Å². The van der Waals surface area contributed by atoms with Gasteiger partial charge in [-0.15, -0.1) is 0 Å². The van der Waals surface area contributed by atoms with Crippen molar-refractivity contribution in [2.24, 2.45) is 0 Å². The molecule has 1 aromatic carbocycles. The van der Waals surface area contributed by atoms with Crippen LogP contribution in [0.15, 0.2) is 36.4 Å². The number of halogens is 6. The molecule has 1 aliphatic heterocycles. The third-order valence-electron chi connectivity index (χ3n) is 3.04. The average molecular weight is 390 g/mol. The van der Waals surface area contributed by atoms with Crippen molar-refractivity contribution in [3.63, 3.8) is 0 Å². The Hall–Kier alpha value is -1.52. The highest BCUT2D eigenvalue weighted by molar-refractivity contribution is 7.84. The van der Waals surface area contributed by atoms with Crippen LogP contribution >= 0.6 is 11.6 Å². The molecule has 1 aromatic rings. The first-order chi connectivity index (χ1) is 11.0. The van der Waals surface area contributed by atoms with E-state index in [2.05, 4.69) is 11.6 Å². The van der Waals surface area contributed by atoms with Crippen molar-refractivity contribution in [2.75, 3.05) is 0 Å². The molecule has 1 aliphatic rings. The second-order valence-electron chi connectivity index (χ2n) is 4.66.